The summed E-state index contributed by atoms with van der Waals surface area (Å²) in [5, 5.41) is 7.36. The molecule has 220 valence electrons. The monoisotopic (exact) mass is 612 g/mol. The van der Waals surface area contributed by atoms with E-state index in [-0.39, 0.29) is 22.6 Å². The fourth-order valence-electron chi connectivity index (χ4n) is 4.12. The van der Waals surface area contributed by atoms with Gasteiger partial charge in [0.1, 0.15) is 23.5 Å². The van der Waals surface area contributed by atoms with Crippen molar-refractivity contribution in [3.05, 3.63) is 63.7 Å². The lowest BCUT2D eigenvalue weighted by Crippen LogP contribution is -2.38. The predicted octanol–water partition coefficient (Wildman–Crippen LogP) is 4.86. The van der Waals surface area contributed by atoms with Crippen molar-refractivity contribution in [2.75, 3.05) is 19.3 Å². The highest BCUT2D eigenvalue weighted by Gasteiger charge is 2.38. The summed E-state index contributed by atoms with van der Waals surface area (Å²) in [4.78, 5) is 23.3. The largest absolute Gasteiger partial charge is 0.490 e. The van der Waals surface area contributed by atoms with Gasteiger partial charge in [0.15, 0.2) is 0 Å². The first-order valence-electron chi connectivity index (χ1n) is 12.0. The summed E-state index contributed by atoms with van der Waals surface area (Å²) >= 11 is 6.05. The summed E-state index contributed by atoms with van der Waals surface area (Å²) in [6, 6.07) is 6.90. The number of benzene rings is 2. The van der Waals surface area contributed by atoms with Gasteiger partial charge in [-0.3, -0.25) is 9.69 Å². The Morgan fingerprint density at radius 3 is 2.20 bits per heavy atom. The maximum Gasteiger partial charge on any atom is 0.490 e. The number of ether oxygens (including phenoxy) is 1. The van der Waals surface area contributed by atoms with Crippen molar-refractivity contribution in [3.8, 4) is 5.75 Å². The second-order valence-electron chi connectivity index (χ2n) is 9.48. The highest BCUT2D eigenvalue weighted by Crippen LogP contribution is 2.43. The van der Waals surface area contributed by atoms with E-state index in [4.69, 9.17) is 26.2 Å². The fourth-order valence-corrected chi connectivity index (χ4v) is 4.77. The molecule has 0 spiro atoms. The third-order valence-electron chi connectivity index (χ3n) is 6.13. The summed E-state index contributed by atoms with van der Waals surface area (Å²) in [5.41, 5.74) is 1.45. The molecule has 0 atom stereocenters. The molecule has 2 aromatic carbocycles. The number of carboxylic acids is 1. The van der Waals surface area contributed by atoms with Crippen LogP contribution in [0.4, 0.5) is 22.0 Å². The second kappa shape index (κ2) is 12.7. The summed E-state index contributed by atoms with van der Waals surface area (Å²) in [6.45, 7) is 1.98. The maximum absolute atomic E-state index is 14.7. The molecule has 1 amide bonds. The van der Waals surface area contributed by atoms with Gasteiger partial charge < -0.3 is 9.84 Å². The van der Waals surface area contributed by atoms with Crippen molar-refractivity contribution in [1.82, 2.24) is 9.62 Å². The number of halogens is 6. The fraction of sp³-hybridized carbons (Fsp3) is 0.440. The summed E-state index contributed by atoms with van der Waals surface area (Å²) in [7, 11) is -3.78. The molecule has 1 aliphatic heterocycles. The van der Waals surface area contributed by atoms with Crippen LogP contribution >= 0.6 is 11.6 Å². The molecule has 0 aromatic heterocycles. The van der Waals surface area contributed by atoms with Crippen LogP contribution in [0.1, 0.15) is 53.1 Å². The molecule has 2 aliphatic rings. The third-order valence-corrected chi connectivity index (χ3v) is 6.98. The van der Waals surface area contributed by atoms with Crippen molar-refractivity contribution in [1.29, 1.82) is 0 Å². The van der Waals surface area contributed by atoms with Crippen molar-refractivity contribution >= 4 is 33.5 Å². The van der Waals surface area contributed by atoms with Crippen molar-refractivity contribution < 1.29 is 49.8 Å². The zero-order valence-electron chi connectivity index (χ0n) is 21.1. The van der Waals surface area contributed by atoms with E-state index >= 15 is 0 Å². The summed E-state index contributed by atoms with van der Waals surface area (Å²) < 4.78 is 90.2. The van der Waals surface area contributed by atoms with Crippen LogP contribution < -0.4 is 9.46 Å². The zero-order chi connectivity index (χ0) is 29.8. The number of hydrogen-bond donors (Lipinski definition) is 2. The number of carboxylic acid groups (broad SMARTS) is 1. The van der Waals surface area contributed by atoms with E-state index < -0.39 is 39.7 Å². The molecule has 8 nitrogen and oxygen atoms in total. The van der Waals surface area contributed by atoms with Crippen molar-refractivity contribution in [2.45, 2.75) is 50.4 Å². The Hall–Kier alpha value is -2.97. The Balaban J connectivity index is 0.000000559. The molecule has 0 unspecified atom stereocenters. The summed E-state index contributed by atoms with van der Waals surface area (Å²) in [5.74, 6) is -4.15. The quantitative estimate of drug-likeness (QED) is 0.429. The van der Waals surface area contributed by atoms with Gasteiger partial charge in [-0.05, 0) is 73.1 Å². The van der Waals surface area contributed by atoms with Gasteiger partial charge in [0.25, 0.3) is 5.91 Å². The third kappa shape index (κ3) is 9.30. The number of aliphatic carboxylic acids is 1. The topological polar surface area (TPSA) is 113 Å². The van der Waals surface area contributed by atoms with Gasteiger partial charge in [-0.15, -0.1) is 0 Å². The lowest BCUT2D eigenvalue weighted by molar-refractivity contribution is -0.192. The highest BCUT2D eigenvalue weighted by molar-refractivity contribution is 7.89. The van der Waals surface area contributed by atoms with Crippen LogP contribution in [-0.2, 0) is 21.4 Å². The molecule has 0 radical (unpaired) electrons. The number of piperidine rings is 1. The van der Waals surface area contributed by atoms with Gasteiger partial charge >= 0.3 is 12.1 Å². The van der Waals surface area contributed by atoms with Crippen LogP contribution in [0.3, 0.4) is 0 Å². The van der Waals surface area contributed by atoms with Crippen LogP contribution in [0.25, 0.3) is 0 Å². The Morgan fingerprint density at radius 2 is 1.70 bits per heavy atom. The molecule has 1 aliphatic carbocycles. The predicted molar refractivity (Wildman–Crippen MR) is 135 cm³/mol. The van der Waals surface area contributed by atoms with Gasteiger partial charge in [-0.1, -0.05) is 11.6 Å². The van der Waals surface area contributed by atoms with Gasteiger partial charge in [-0.2, -0.15) is 13.2 Å². The number of amides is 1. The minimum Gasteiger partial charge on any atom is -0.489 e. The molecule has 4 rings (SSSR count). The van der Waals surface area contributed by atoms with E-state index in [1.165, 1.54) is 30.3 Å². The van der Waals surface area contributed by atoms with E-state index in [0.29, 0.717) is 12.3 Å². The Labute approximate surface area is 232 Å². The average Bonchev–Trinajstić information content (AvgIpc) is 3.66. The minimum atomic E-state index is -5.08. The number of nitrogens with zero attached hydrogens (tertiary/aromatic N) is 1. The van der Waals surface area contributed by atoms with Gasteiger partial charge in [-0.25, -0.2) is 26.7 Å². The molecular weight excluding hydrogens is 587 g/mol. The molecule has 1 heterocycles. The molecule has 15 heteroatoms. The van der Waals surface area contributed by atoms with Crippen LogP contribution in [0, 0.1) is 11.6 Å². The molecule has 0 bridgehead atoms. The number of hydrogen-bond acceptors (Lipinski definition) is 6. The van der Waals surface area contributed by atoms with Gasteiger partial charge in [0, 0.05) is 19.6 Å². The van der Waals surface area contributed by atoms with Crippen LogP contribution in [-0.4, -0.2) is 61.9 Å². The van der Waals surface area contributed by atoms with Crippen LogP contribution in [0.15, 0.2) is 30.3 Å². The van der Waals surface area contributed by atoms with E-state index in [2.05, 4.69) is 4.90 Å². The first-order valence-corrected chi connectivity index (χ1v) is 14.3. The molecular formula is C25H26ClF5N2O6S. The van der Waals surface area contributed by atoms with E-state index in [1.54, 1.807) is 0 Å². The number of nitrogens with one attached hydrogen (secondary N) is 1. The maximum atomic E-state index is 14.7. The van der Waals surface area contributed by atoms with Gasteiger partial charge in [0.2, 0.25) is 10.0 Å². The van der Waals surface area contributed by atoms with Gasteiger partial charge in [0.05, 0.1) is 16.8 Å². The number of carbonyl (C=O) groups excluding carboxylic acids is 1. The minimum absolute atomic E-state index is 0.0501. The molecule has 2 N–H and O–H groups in total. The molecule has 2 fully saturated rings. The average molecular weight is 613 g/mol. The first-order chi connectivity index (χ1) is 18.5. The number of alkyl halides is 3. The normalized spacial score (nSPS) is 16.6. The first kappa shape index (κ1) is 31.6. The Kier molecular flexibility index (Phi) is 10.0. The van der Waals surface area contributed by atoms with Crippen molar-refractivity contribution in [2.24, 2.45) is 0 Å². The number of carbonyl (C=O) groups is 2. The molecule has 2 aromatic rings. The highest BCUT2D eigenvalue weighted by atomic mass is 35.5. The second-order valence-corrected chi connectivity index (χ2v) is 11.6. The number of rotatable bonds is 7. The lowest BCUT2D eigenvalue weighted by atomic mass is 9.97. The Bertz CT molecular complexity index is 1360. The van der Waals surface area contributed by atoms with E-state index in [0.717, 1.165) is 56.2 Å². The standard InChI is InChI=1S/C23H25ClF2N2O4S.C2HF3O2/c1-33(30,31)27-23(29)19-12-18(14-2-3-14)15(10-21(19)26)13-28-8-6-17(7-9-28)32-22-5-4-16(25)11-20(22)24;3-2(4,5)1(6)7/h4-5,10-12,14,17H,2-3,6-9,13H2,1H3,(H,27,29);(H,6,7). The van der Waals surface area contributed by atoms with Crippen LogP contribution in [0.5, 0.6) is 5.75 Å². The zero-order valence-corrected chi connectivity index (χ0v) is 22.7. The smallest absolute Gasteiger partial charge is 0.489 e. The van der Waals surface area contributed by atoms with E-state index in [1.807, 2.05) is 4.72 Å². The molecule has 1 saturated carbocycles. The number of sulfonamides is 1. The number of likely N-dealkylation sites (tertiary alicyclic amines) is 1. The van der Waals surface area contributed by atoms with E-state index in [9.17, 15) is 35.2 Å². The van der Waals surface area contributed by atoms with Crippen molar-refractivity contribution in [3.63, 3.8) is 0 Å². The molecule has 1 saturated heterocycles. The Morgan fingerprint density at radius 1 is 1.10 bits per heavy atom. The lowest BCUT2D eigenvalue weighted by Gasteiger charge is -2.33. The SMILES string of the molecule is CS(=O)(=O)NC(=O)c1cc(C2CC2)c(CN2CCC(Oc3ccc(F)cc3Cl)CC2)cc1F.O=C(O)C(F)(F)F. The van der Waals surface area contributed by atoms with Crippen LogP contribution in [0.2, 0.25) is 5.02 Å². The molecule has 40 heavy (non-hydrogen) atoms. The summed E-state index contributed by atoms with van der Waals surface area (Å²) in [6.07, 6.45) is -0.879.